The molecule has 0 unspecified atom stereocenters. The molecule has 0 saturated heterocycles. The Labute approximate surface area is 81.6 Å². The minimum Gasteiger partial charge on any atom is -0.313 e. The molecule has 1 nitrogen and oxygen atoms in total. The van der Waals surface area contributed by atoms with Gasteiger partial charge in [-0.25, -0.2) is 0 Å². The Morgan fingerprint density at radius 1 is 1.31 bits per heavy atom. The first-order chi connectivity index (χ1) is 6.24. The molecule has 2 aliphatic rings. The number of rotatable bonds is 3. The lowest BCUT2D eigenvalue weighted by atomic mass is 9.80. The van der Waals surface area contributed by atoms with Gasteiger partial charge < -0.3 is 5.32 Å². The zero-order valence-electron chi connectivity index (χ0n) is 8.96. The Morgan fingerprint density at radius 2 is 2.00 bits per heavy atom. The van der Waals surface area contributed by atoms with Gasteiger partial charge in [-0.05, 0) is 36.6 Å². The molecule has 0 heterocycles. The van der Waals surface area contributed by atoms with E-state index in [9.17, 15) is 0 Å². The van der Waals surface area contributed by atoms with Crippen LogP contribution in [0, 0.1) is 23.7 Å². The first-order valence-corrected chi connectivity index (χ1v) is 5.65. The summed E-state index contributed by atoms with van der Waals surface area (Å²) < 4.78 is 0. The van der Waals surface area contributed by atoms with Gasteiger partial charge in [0.1, 0.15) is 0 Å². The van der Waals surface area contributed by atoms with Crippen molar-refractivity contribution in [3.05, 3.63) is 12.2 Å². The van der Waals surface area contributed by atoms with Crippen LogP contribution in [0.15, 0.2) is 12.2 Å². The lowest BCUT2D eigenvalue weighted by Crippen LogP contribution is -2.41. The van der Waals surface area contributed by atoms with E-state index in [0.717, 1.165) is 36.3 Å². The fraction of sp³-hybridized carbons (Fsp3) is 0.833. The molecule has 0 aliphatic heterocycles. The molecule has 0 aromatic rings. The zero-order chi connectivity index (χ0) is 9.42. The van der Waals surface area contributed by atoms with Crippen LogP contribution in [0.3, 0.4) is 0 Å². The summed E-state index contributed by atoms with van der Waals surface area (Å²) in [6.45, 7) is 8.06. The molecule has 2 aliphatic carbocycles. The molecular weight excluding hydrogens is 158 g/mol. The second-order valence-corrected chi connectivity index (χ2v) is 4.85. The highest BCUT2D eigenvalue weighted by atomic mass is 14.9. The molecular formula is C12H21N. The van der Waals surface area contributed by atoms with Crippen molar-refractivity contribution in [2.24, 2.45) is 23.7 Å². The van der Waals surface area contributed by atoms with Gasteiger partial charge in [0.25, 0.3) is 0 Å². The summed E-state index contributed by atoms with van der Waals surface area (Å²) in [5.74, 6) is 3.41. The molecule has 4 atom stereocenters. The summed E-state index contributed by atoms with van der Waals surface area (Å²) >= 11 is 0. The average Bonchev–Trinajstić information content (AvgIpc) is 2.63. The second kappa shape index (κ2) is 3.45. The van der Waals surface area contributed by atoms with Crippen molar-refractivity contribution in [2.75, 3.05) is 6.54 Å². The third-order valence-corrected chi connectivity index (χ3v) is 3.73. The molecule has 0 radical (unpaired) electrons. The van der Waals surface area contributed by atoms with Crippen molar-refractivity contribution in [3.63, 3.8) is 0 Å². The van der Waals surface area contributed by atoms with Crippen molar-refractivity contribution >= 4 is 0 Å². The Balaban J connectivity index is 2.11. The molecule has 13 heavy (non-hydrogen) atoms. The smallest absolute Gasteiger partial charge is 0.0166 e. The van der Waals surface area contributed by atoms with Gasteiger partial charge >= 0.3 is 0 Å². The van der Waals surface area contributed by atoms with Gasteiger partial charge in [0.05, 0.1) is 0 Å². The van der Waals surface area contributed by atoms with Crippen LogP contribution in [0.2, 0.25) is 0 Å². The molecule has 1 fully saturated rings. The average molecular weight is 179 g/mol. The maximum Gasteiger partial charge on any atom is 0.0166 e. The molecule has 0 aromatic carbocycles. The molecule has 1 saturated carbocycles. The number of fused-ring (bicyclic) bond motifs is 2. The summed E-state index contributed by atoms with van der Waals surface area (Å²) in [4.78, 5) is 0. The summed E-state index contributed by atoms with van der Waals surface area (Å²) in [5, 5.41) is 3.66. The van der Waals surface area contributed by atoms with Gasteiger partial charge in [-0.15, -0.1) is 0 Å². The maximum absolute atomic E-state index is 3.66. The minimum absolute atomic E-state index is 0.764. The molecule has 2 rings (SSSR count). The topological polar surface area (TPSA) is 12.0 Å². The minimum atomic E-state index is 0.764. The summed E-state index contributed by atoms with van der Waals surface area (Å²) in [7, 11) is 0. The van der Waals surface area contributed by atoms with Crippen LogP contribution in [-0.4, -0.2) is 12.6 Å². The number of hydrogen-bond donors (Lipinski definition) is 1. The van der Waals surface area contributed by atoms with Crippen LogP contribution in [-0.2, 0) is 0 Å². The van der Waals surface area contributed by atoms with Crippen LogP contribution in [0.5, 0.6) is 0 Å². The van der Waals surface area contributed by atoms with Crippen molar-refractivity contribution in [3.8, 4) is 0 Å². The van der Waals surface area contributed by atoms with E-state index in [4.69, 9.17) is 0 Å². The summed E-state index contributed by atoms with van der Waals surface area (Å²) in [5.41, 5.74) is 0. The van der Waals surface area contributed by atoms with E-state index < -0.39 is 0 Å². The van der Waals surface area contributed by atoms with Crippen LogP contribution in [0.25, 0.3) is 0 Å². The van der Waals surface area contributed by atoms with Gasteiger partial charge in [0.15, 0.2) is 0 Å². The number of hydrogen-bond acceptors (Lipinski definition) is 1. The van der Waals surface area contributed by atoms with Crippen molar-refractivity contribution in [2.45, 2.75) is 33.2 Å². The molecule has 1 heteroatoms. The molecule has 2 bridgehead atoms. The van der Waals surface area contributed by atoms with Gasteiger partial charge in [-0.2, -0.15) is 0 Å². The third-order valence-electron chi connectivity index (χ3n) is 3.73. The van der Waals surface area contributed by atoms with E-state index in [1.807, 2.05) is 0 Å². The Bertz CT molecular complexity index is 207. The monoisotopic (exact) mass is 179 g/mol. The van der Waals surface area contributed by atoms with E-state index in [0.29, 0.717) is 0 Å². The van der Waals surface area contributed by atoms with Gasteiger partial charge in [0.2, 0.25) is 0 Å². The summed E-state index contributed by atoms with van der Waals surface area (Å²) in [6.07, 6.45) is 6.28. The Kier molecular flexibility index (Phi) is 2.46. The van der Waals surface area contributed by atoms with Crippen molar-refractivity contribution < 1.29 is 0 Å². The third kappa shape index (κ3) is 1.43. The predicted molar refractivity (Wildman–Crippen MR) is 56.5 cm³/mol. The normalized spacial score (nSPS) is 42.2. The van der Waals surface area contributed by atoms with E-state index in [-0.39, 0.29) is 0 Å². The molecule has 0 aromatic heterocycles. The van der Waals surface area contributed by atoms with Crippen LogP contribution in [0.4, 0.5) is 0 Å². The second-order valence-electron chi connectivity index (χ2n) is 4.85. The first kappa shape index (κ1) is 9.26. The molecule has 0 spiro atoms. The van der Waals surface area contributed by atoms with Crippen molar-refractivity contribution in [1.29, 1.82) is 0 Å². The fourth-order valence-corrected chi connectivity index (χ4v) is 3.29. The molecule has 0 amide bonds. The van der Waals surface area contributed by atoms with Gasteiger partial charge in [-0.3, -0.25) is 0 Å². The Hall–Kier alpha value is -0.300. The highest BCUT2D eigenvalue weighted by molar-refractivity contribution is 5.16. The van der Waals surface area contributed by atoms with Crippen LogP contribution < -0.4 is 5.32 Å². The summed E-state index contributed by atoms with van der Waals surface area (Å²) in [6, 6.07) is 0.764. The van der Waals surface area contributed by atoms with Crippen LogP contribution >= 0.6 is 0 Å². The lowest BCUT2D eigenvalue weighted by molar-refractivity contribution is 0.260. The molecule has 1 N–H and O–H groups in total. The first-order valence-electron chi connectivity index (χ1n) is 5.65. The predicted octanol–water partition coefficient (Wildman–Crippen LogP) is 2.44. The highest BCUT2D eigenvalue weighted by Crippen LogP contribution is 2.46. The van der Waals surface area contributed by atoms with Gasteiger partial charge in [0, 0.05) is 6.04 Å². The Morgan fingerprint density at radius 3 is 2.62 bits per heavy atom. The number of allylic oxidation sites excluding steroid dienone is 1. The van der Waals surface area contributed by atoms with E-state index in [1.165, 1.54) is 6.42 Å². The van der Waals surface area contributed by atoms with Crippen LogP contribution in [0.1, 0.15) is 27.2 Å². The maximum atomic E-state index is 3.66. The van der Waals surface area contributed by atoms with E-state index >= 15 is 0 Å². The lowest BCUT2D eigenvalue weighted by Gasteiger charge is -2.31. The SMILES string of the molecule is CCN[C@H]1[C@H](C(C)C)[C@H]2C=C[C@@H]1C2. The van der Waals surface area contributed by atoms with E-state index in [2.05, 4.69) is 38.2 Å². The number of nitrogens with one attached hydrogen (secondary N) is 1. The van der Waals surface area contributed by atoms with E-state index in [1.54, 1.807) is 0 Å². The standard InChI is InChI=1S/C12H21N/c1-4-13-12-10-6-5-9(7-10)11(12)8(2)3/h5-6,8-13H,4,7H2,1-3H3/t9-,10+,11+,12+/m0/s1. The molecule has 74 valence electrons. The zero-order valence-corrected chi connectivity index (χ0v) is 8.96. The van der Waals surface area contributed by atoms with Crippen molar-refractivity contribution in [1.82, 2.24) is 5.32 Å². The quantitative estimate of drug-likeness (QED) is 0.656. The largest absolute Gasteiger partial charge is 0.313 e. The van der Waals surface area contributed by atoms with Gasteiger partial charge in [-0.1, -0.05) is 32.9 Å². The highest BCUT2D eigenvalue weighted by Gasteiger charge is 2.44. The fourth-order valence-electron chi connectivity index (χ4n) is 3.29.